The van der Waals surface area contributed by atoms with Gasteiger partial charge in [-0.3, -0.25) is 0 Å². The van der Waals surface area contributed by atoms with E-state index >= 15 is 0 Å². The molecule has 6 nitrogen and oxygen atoms in total. The first-order chi connectivity index (χ1) is 17.2. The quantitative estimate of drug-likeness (QED) is 0.369. The minimum atomic E-state index is -0.103. The fourth-order valence-corrected chi connectivity index (χ4v) is 9.67. The zero-order valence-corrected chi connectivity index (χ0v) is 25.3. The van der Waals surface area contributed by atoms with Gasteiger partial charge in [0.1, 0.15) is 13.2 Å². The van der Waals surface area contributed by atoms with Crippen molar-refractivity contribution < 1.29 is 28.4 Å². The monoisotopic (exact) mass is 544 g/mol. The summed E-state index contributed by atoms with van der Waals surface area (Å²) in [6.07, 6.45) is 4.92. The van der Waals surface area contributed by atoms with Crippen LogP contribution < -0.4 is 9.47 Å². The molecule has 0 bridgehead atoms. The van der Waals surface area contributed by atoms with Crippen LogP contribution in [-0.4, -0.2) is 101 Å². The lowest BCUT2D eigenvalue weighted by atomic mass is 10.3. The van der Waals surface area contributed by atoms with Crippen LogP contribution in [0.25, 0.3) is 0 Å². The van der Waals surface area contributed by atoms with Gasteiger partial charge in [0.05, 0.1) is 52.9 Å². The van der Waals surface area contributed by atoms with Crippen molar-refractivity contribution in [3.63, 3.8) is 0 Å². The van der Waals surface area contributed by atoms with Crippen LogP contribution in [0.5, 0.6) is 11.5 Å². The molecule has 0 aromatic heterocycles. The Kier molecular flexibility index (Phi) is 15.1. The second kappa shape index (κ2) is 17.2. The fourth-order valence-electron chi connectivity index (χ4n) is 3.91. The van der Waals surface area contributed by atoms with Gasteiger partial charge >= 0.3 is 0 Å². The molecule has 0 fully saturated rings. The van der Waals surface area contributed by atoms with Gasteiger partial charge in [-0.1, -0.05) is 69.5 Å². The molecule has 0 saturated heterocycles. The van der Waals surface area contributed by atoms with Crippen LogP contribution in [0.3, 0.4) is 0 Å². The summed E-state index contributed by atoms with van der Waals surface area (Å²) in [6.45, 7) is 20.4. The highest BCUT2D eigenvalue weighted by Crippen LogP contribution is 2.55. The van der Waals surface area contributed by atoms with Crippen molar-refractivity contribution >= 4 is 15.8 Å². The average Bonchev–Trinajstić information content (AvgIpc) is 2.80. The molecule has 0 amide bonds. The van der Waals surface area contributed by atoms with Crippen molar-refractivity contribution in [1.29, 1.82) is 0 Å². The third-order valence-corrected chi connectivity index (χ3v) is 13.2. The zero-order chi connectivity index (χ0) is 26.3. The number of para-hydroxylation sites is 2. The Bertz CT molecular complexity index is 645. The molecule has 1 aliphatic heterocycles. The molecule has 2 unspecified atom stereocenters. The maximum atomic E-state index is 5.95. The second-order valence-electron chi connectivity index (χ2n) is 10.9. The van der Waals surface area contributed by atoms with Crippen LogP contribution in [-0.2, 0) is 18.9 Å². The van der Waals surface area contributed by atoms with Crippen LogP contribution >= 0.6 is 15.8 Å². The van der Waals surface area contributed by atoms with E-state index in [2.05, 4.69) is 41.5 Å². The highest BCUT2D eigenvalue weighted by atomic mass is 31.1. The Hall–Kier alpha value is -0.480. The van der Waals surface area contributed by atoms with E-state index in [9.17, 15) is 0 Å². The minimum Gasteiger partial charge on any atom is -0.487 e. The number of ether oxygens (including phenoxy) is 6. The predicted octanol–water partition coefficient (Wildman–Crippen LogP) is 6.09. The van der Waals surface area contributed by atoms with Crippen molar-refractivity contribution in [2.24, 2.45) is 0 Å². The van der Waals surface area contributed by atoms with Gasteiger partial charge < -0.3 is 28.4 Å². The normalized spacial score (nSPS) is 23.9. The molecule has 8 heteroatoms. The standard InChI is InChI=1S/C28H50O6P2/c1-27(2,3)35-21-19-31-13-11-29-15-17-33-25-9-7-8-10-26(25)34-18-16-30-12-14-32-20-22-36(24-23-35)28(4,5)6/h7-10H,11-24H2,1-6H3. The molecule has 0 aliphatic carbocycles. The fraction of sp³-hybridized carbons (Fsp3) is 0.786. The van der Waals surface area contributed by atoms with Crippen molar-refractivity contribution in [3.8, 4) is 11.5 Å². The molecule has 0 N–H and O–H groups in total. The molecule has 0 radical (unpaired) electrons. The Balaban J connectivity index is 1.91. The van der Waals surface area contributed by atoms with Gasteiger partial charge in [-0.15, -0.1) is 0 Å². The van der Waals surface area contributed by atoms with Crippen LogP contribution in [0.15, 0.2) is 24.3 Å². The van der Waals surface area contributed by atoms with Gasteiger partial charge in [-0.2, -0.15) is 0 Å². The Labute approximate surface area is 222 Å². The second-order valence-corrected chi connectivity index (χ2v) is 17.5. The molecule has 36 heavy (non-hydrogen) atoms. The number of rotatable bonds is 0. The molecule has 0 saturated carbocycles. The van der Waals surface area contributed by atoms with Crippen molar-refractivity contribution in [2.45, 2.75) is 51.9 Å². The van der Waals surface area contributed by atoms with E-state index in [1.807, 2.05) is 24.3 Å². The maximum absolute atomic E-state index is 5.95. The van der Waals surface area contributed by atoms with Crippen LogP contribution in [0.4, 0.5) is 0 Å². The minimum absolute atomic E-state index is 0.103. The van der Waals surface area contributed by atoms with Gasteiger partial charge in [0.2, 0.25) is 0 Å². The highest BCUT2D eigenvalue weighted by molar-refractivity contribution is 7.63. The van der Waals surface area contributed by atoms with Gasteiger partial charge in [0.15, 0.2) is 11.5 Å². The summed E-state index contributed by atoms with van der Waals surface area (Å²) in [5, 5.41) is 0.675. The van der Waals surface area contributed by atoms with E-state index in [-0.39, 0.29) is 15.8 Å². The number of hydrogen-bond donors (Lipinski definition) is 0. The first kappa shape index (κ1) is 31.7. The Morgan fingerprint density at radius 3 is 1.17 bits per heavy atom. The number of fused-ring (bicyclic) bond motifs is 1. The van der Waals surface area contributed by atoms with E-state index in [1.165, 1.54) is 12.3 Å². The first-order valence-corrected chi connectivity index (χ1v) is 16.8. The van der Waals surface area contributed by atoms with E-state index in [1.54, 1.807) is 0 Å². The molecule has 1 heterocycles. The Morgan fingerprint density at radius 1 is 0.472 bits per heavy atom. The van der Waals surface area contributed by atoms with E-state index < -0.39 is 0 Å². The third-order valence-electron chi connectivity index (χ3n) is 6.11. The number of hydrogen-bond acceptors (Lipinski definition) is 6. The maximum Gasteiger partial charge on any atom is 0.161 e. The van der Waals surface area contributed by atoms with Gasteiger partial charge in [-0.05, 0) is 47.1 Å². The van der Waals surface area contributed by atoms with Crippen LogP contribution in [0, 0.1) is 0 Å². The van der Waals surface area contributed by atoms with Gasteiger partial charge in [0.25, 0.3) is 0 Å². The topological polar surface area (TPSA) is 55.4 Å². The van der Waals surface area contributed by atoms with Crippen molar-refractivity contribution in [2.75, 3.05) is 90.7 Å². The molecule has 2 rings (SSSR count). The molecule has 208 valence electrons. The summed E-state index contributed by atoms with van der Waals surface area (Å²) in [5.41, 5.74) is 0. The molecular formula is C28H50O6P2. The summed E-state index contributed by atoms with van der Waals surface area (Å²) in [4.78, 5) is 0. The summed E-state index contributed by atoms with van der Waals surface area (Å²) >= 11 is 0. The Morgan fingerprint density at radius 2 is 0.806 bits per heavy atom. The lowest BCUT2D eigenvalue weighted by Crippen LogP contribution is -2.23. The largest absolute Gasteiger partial charge is 0.487 e. The van der Waals surface area contributed by atoms with Crippen LogP contribution in [0.1, 0.15) is 41.5 Å². The summed E-state index contributed by atoms with van der Waals surface area (Å²) < 4.78 is 35.1. The van der Waals surface area contributed by atoms with Gasteiger partial charge in [0, 0.05) is 0 Å². The lowest BCUT2D eigenvalue weighted by Gasteiger charge is -2.36. The highest BCUT2D eigenvalue weighted by Gasteiger charge is 2.28. The molecular weight excluding hydrogens is 494 g/mol. The molecule has 1 aromatic carbocycles. The summed E-state index contributed by atoms with van der Waals surface area (Å²) in [7, 11) is -0.206. The SMILES string of the molecule is CC(C)(C)P1CCOCCOCCOc2ccccc2OCCOCCOCCP(C(C)(C)C)CC1. The lowest BCUT2D eigenvalue weighted by molar-refractivity contribution is 0.0374. The van der Waals surface area contributed by atoms with E-state index in [0.29, 0.717) is 63.2 Å². The van der Waals surface area contributed by atoms with E-state index in [0.717, 1.165) is 37.0 Å². The van der Waals surface area contributed by atoms with Crippen molar-refractivity contribution in [1.82, 2.24) is 0 Å². The molecule has 2 atom stereocenters. The predicted molar refractivity (Wildman–Crippen MR) is 154 cm³/mol. The summed E-state index contributed by atoms with van der Waals surface area (Å²) in [5.74, 6) is 1.45. The summed E-state index contributed by atoms with van der Waals surface area (Å²) in [6, 6.07) is 7.71. The van der Waals surface area contributed by atoms with Crippen molar-refractivity contribution in [3.05, 3.63) is 24.3 Å². The first-order valence-electron chi connectivity index (χ1n) is 13.3. The molecule has 0 spiro atoms. The number of benzene rings is 1. The zero-order valence-electron chi connectivity index (χ0n) is 23.6. The molecule has 1 aliphatic rings. The third kappa shape index (κ3) is 13.4. The van der Waals surface area contributed by atoms with Gasteiger partial charge in [-0.25, -0.2) is 0 Å². The van der Waals surface area contributed by atoms with Crippen LogP contribution in [0.2, 0.25) is 0 Å². The average molecular weight is 545 g/mol. The molecule has 1 aromatic rings. The van der Waals surface area contributed by atoms with E-state index in [4.69, 9.17) is 28.4 Å². The smallest absolute Gasteiger partial charge is 0.161 e.